The highest BCUT2D eigenvalue weighted by Gasteiger charge is 2.29. The summed E-state index contributed by atoms with van der Waals surface area (Å²) >= 11 is 12.1. The van der Waals surface area contributed by atoms with Gasteiger partial charge >= 0.3 is 0 Å². The molecule has 1 fully saturated rings. The molecule has 3 unspecified atom stereocenters. The van der Waals surface area contributed by atoms with Crippen LogP contribution < -0.4 is 10.6 Å². The lowest BCUT2D eigenvalue weighted by atomic mass is 9.95. The monoisotopic (exact) mass is 405 g/mol. The molecule has 27 heavy (non-hydrogen) atoms. The molecule has 0 bridgehead atoms. The minimum Gasteiger partial charge on any atom is -0.373 e. The third-order valence-corrected chi connectivity index (χ3v) is 5.63. The number of nitrogens with zero attached hydrogens (tertiary/aromatic N) is 1. The van der Waals surface area contributed by atoms with E-state index in [-0.39, 0.29) is 12.1 Å². The van der Waals surface area contributed by atoms with Crippen molar-refractivity contribution >= 4 is 29.2 Å². The Morgan fingerprint density at radius 3 is 2.67 bits per heavy atom. The summed E-state index contributed by atoms with van der Waals surface area (Å²) in [7, 11) is 1.77. The number of hydrogen-bond donors (Lipinski definition) is 2. The predicted octanol–water partition coefficient (Wildman–Crippen LogP) is 5.00. The largest absolute Gasteiger partial charge is 0.373 e. The summed E-state index contributed by atoms with van der Waals surface area (Å²) in [5.74, 6) is 1.17. The molecule has 3 rings (SSSR count). The average Bonchev–Trinajstić information content (AvgIpc) is 3.16. The summed E-state index contributed by atoms with van der Waals surface area (Å²) in [5.41, 5.74) is 2.28. The maximum atomic E-state index is 6.13. The van der Waals surface area contributed by atoms with Gasteiger partial charge < -0.3 is 15.4 Å². The molecule has 0 radical (unpaired) electrons. The second-order valence-electron chi connectivity index (χ2n) is 6.74. The van der Waals surface area contributed by atoms with Gasteiger partial charge in [0.15, 0.2) is 5.96 Å². The summed E-state index contributed by atoms with van der Waals surface area (Å²) in [4.78, 5) is 4.35. The second kappa shape index (κ2) is 9.45. The Hall–Kier alpha value is -1.75. The Morgan fingerprint density at radius 1 is 1.19 bits per heavy atom. The number of nitrogens with one attached hydrogen (secondary N) is 2. The van der Waals surface area contributed by atoms with Crippen molar-refractivity contribution < 1.29 is 4.74 Å². The molecular weight excluding hydrogens is 381 g/mol. The number of ether oxygens (including phenoxy) is 1. The molecule has 0 amide bonds. The first kappa shape index (κ1) is 20.0. The summed E-state index contributed by atoms with van der Waals surface area (Å²) < 4.78 is 5.96. The lowest BCUT2D eigenvalue weighted by Gasteiger charge is -2.23. The quantitative estimate of drug-likeness (QED) is 0.543. The van der Waals surface area contributed by atoms with E-state index in [0.29, 0.717) is 16.0 Å². The first-order valence-corrected chi connectivity index (χ1v) is 9.92. The molecular formula is C21H25Cl2N3O. The molecule has 0 aromatic heterocycles. The number of hydrogen-bond acceptors (Lipinski definition) is 2. The second-order valence-corrected chi connectivity index (χ2v) is 7.56. The zero-order chi connectivity index (χ0) is 19.2. The van der Waals surface area contributed by atoms with Gasteiger partial charge in [0.1, 0.15) is 0 Å². The molecule has 0 aliphatic carbocycles. The van der Waals surface area contributed by atoms with Crippen LogP contribution in [0.2, 0.25) is 10.0 Å². The van der Waals surface area contributed by atoms with Crippen molar-refractivity contribution in [2.45, 2.75) is 25.5 Å². The van der Waals surface area contributed by atoms with E-state index >= 15 is 0 Å². The van der Waals surface area contributed by atoms with Crippen LogP contribution in [0.1, 0.15) is 36.6 Å². The summed E-state index contributed by atoms with van der Waals surface area (Å²) in [6.45, 7) is 3.66. The highest BCUT2D eigenvalue weighted by molar-refractivity contribution is 6.42. The fourth-order valence-electron chi connectivity index (χ4n) is 3.35. The van der Waals surface area contributed by atoms with Crippen molar-refractivity contribution in [3.63, 3.8) is 0 Å². The fraction of sp³-hybridized carbons (Fsp3) is 0.381. The molecule has 6 heteroatoms. The Labute approximate surface area is 170 Å². The van der Waals surface area contributed by atoms with Gasteiger partial charge in [0.05, 0.1) is 22.2 Å². The van der Waals surface area contributed by atoms with Gasteiger partial charge in [0.25, 0.3) is 0 Å². The van der Waals surface area contributed by atoms with Crippen molar-refractivity contribution in [3.05, 3.63) is 69.7 Å². The topological polar surface area (TPSA) is 45.7 Å². The number of guanidine groups is 1. The predicted molar refractivity (Wildman–Crippen MR) is 113 cm³/mol. The van der Waals surface area contributed by atoms with E-state index in [1.54, 1.807) is 7.05 Å². The number of rotatable bonds is 5. The smallest absolute Gasteiger partial charge is 0.191 e. The zero-order valence-electron chi connectivity index (χ0n) is 15.6. The van der Waals surface area contributed by atoms with Gasteiger partial charge in [-0.2, -0.15) is 0 Å². The summed E-state index contributed by atoms with van der Waals surface area (Å²) in [6, 6.07) is 16.1. The lowest BCUT2D eigenvalue weighted by Crippen LogP contribution is -2.41. The Bertz CT molecular complexity index is 782. The van der Waals surface area contributed by atoms with Crippen molar-refractivity contribution in [2.75, 3.05) is 20.2 Å². The van der Waals surface area contributed by atoms with Crippen LogP contribution in [0.5, 0.6) is 0 Å². The Morgan fingerprint density at radius 2 is 1.96 bits per heavy atom. The van der Waals surface area contributed by atoms with Crippen molar-refractivity contribution in [2.24, 2.45) is 10.9 Å². The molecule has 2 aromatic carbocycles. The van der Waals surface area contributed by atoms with Gasteiger partial charge in [0.2, 0.25) is 0 Å². The lowest BCUT2D eigenvalue weighted by molar-refractivity contribution is 0.0915. The van der Waals surface area contributed by atoms with Crippen molar-refractivity contribution in [3.8, 4) is 0 Å². The molecule has 1 heterocycles. The minimum atomic E-state index is 0.0516. The molecule has 144 valence electrons. The molecule has 3 atom stereocenters. The maximum absolute atomic E-state index is 6.13. The van der Waals surface area contributed by atoms with Crippen LogP contribution in [0.3, 0.4) is 0 Å². The average molecular weight is 406 g/mol. The van der Waals surface area contributed by atoms with E-state index in [2.05, 4.69) is 46.8 Å². The SMILES string of the molecule is CN=C(NCC1CCOC1c1ccccc1)NC(C)c1ccc(Cl)c(Cl)c1. The molecule has 2 N–H and O–H groups in total. The van der Waals surface area contributed by atoms with Gasteiger partial charge in [-0.1, -0.05) is 59.6 Å². The van der Waals surface area contributed by atoms with Gasteiger partial charge in [-0.3, -0.25) is 4.99 Å². The van der Waals surface area contributed by atoms with Gasteiger partial charge in [0, 0.05) is 26.1 Å². The van der Waals surface area contributed by atoms with Crippen LogP contribution in [-0.2, 0) is 4.74 Å². The van der Waals surface area contributed by atoms with E-state index in [1.807, 2.05) is 24.3 Å². The molecule has 1 aliphatic heterocycles. The van der Waals surface area contributed by atoms with E-state index in [4.69, 9.17) is 27.9 Å². The van der Waals surface area contributed by atoms with Crippen LogP contribution in [0.15, 0.2) is 53.5 Å². The van der Waals surface area contributed by atoms with Crippen LogP contribution in [0.25, 0.3) is 0 Å². The minimum absolute atomic E-state index is 0.0516. The maximum Gasteiger partial charge on any atom is 0.191 e. The van der Waals surface area contributed by atoms with Crippen LogP contribution >= 0.6 is 23.2 Å². The molecule has 4 nitrogen and oxygen atoms in total. The van der Waals surface area contributed by atoms with Crippen LogP contribution in [0.4, 0.5) is 0 Å². The molecule has 1 aliphatic rings. The third-order valence-electron chi connectivity index (χ3n) is 4.89. The fourth-order valence-corrected chi connectivity index (χ4v) is 3.65. The highest BCUT2D eigenvalue weighted by atomic mass is 35.5. The van der Waals surface area contributed by atoms with Gasteiger partial charge in [-0.05, 0) is 36.6 Å². The Kier molecular flexibility index (Phi) is 7.00. The molecule has 1 saturated heterocycles. The van der Waals surface area contributed by atoms with Crippen LogP contribution in [-0.4, -0.2) is 26.2 Å². The molecule has 0 saturated carbocycles. The van der Waals surface area contributed by atoms with Crippen molar-refractivity contribution in [1.29, 1.82) is 0 Å². The van der Waals surface area contributed by atoms with E-state index in [0.717, 1.165) is 31.1 Å². The Balaban J connectivity index is 1.58. The zero-order valence-corrected chi connectivity index (χ0v) is 17.1. The number of halogens is 2. The number of aliphatic imine (C=N–C) groups is 1. The highest BCUT2D eigenvalue weighted by Crippen LogP contribution is 2.33. The third kappa shape index (κ3) is 5.16. The van der Waals surface area contributed by atoms with Gasteiger partial charge in [-0.15, -0.1) is 0 Å². The van der Waals surface area contributed by atoms with Gasteiger partial charge in [-0.25, -0.2) is 0 Å². The van der Waals surface area contributed by atoms with Crippen LogP contribution in [0, 0.1) is 5.92 Å². The molecule has 2 aromatic rings. The van der Waals surface area contributed by atoms with E-state index in [1.165, 1.54) is 5.56 Å². The van der Waals surface area contributed by atoms with Crippen molar-refractivity contribution in [1.82, 2.24) is 10.6 Å². The first-order valence-electron chi connectivity index (χ1n) is 9.17. The van der Waals surface area contributed by atoms with E-state index < -0.39 is 0 Å². The summed E-state index contributed by atoms with van der Waals surface area (Å²) in [6.07, 6.45) is 1.16. The number of benzene rings is 2. The normalized spacial score (nSPS) is 21.1. The molecule has 0 spiro atoms. The standard InChI is InChI=1S/C21H25Cl2N3O/c1-14(16-8-9-18(22)19(23)12-16)26-21(24-2)25-13-17-10-11-27-20(17)15-6-4-3-5-7-15/h3-9,12,14,17,20H,10-11,13H2,1-2H3,(H2,24,25,26). The van der Waals surface area contributed by atoms with E-state index in [9.17, 15) is 0 Å². The first-order chi connectivity index (χ1) is 13.1. The summed E-state index contributed by atoms with van der Waals surface area (Å²) in [5, 5.41) is 7.96.